The van der Waals surface area contributed by atoms with E-state index in [1.54, 1.807) is 11.8 Å². The standard InChI is InChI=1S/C17H15N3S/c1-2-3-10-21-17-18-15-12-8-4-6-11-7-5-9-13(14(11)12)16(15)19-20-17/h4-9H,2-3,10H2,1H3. The highest BCUT2D eigenvalue weighted by Crippen LogP contribution is 2.44. The van der Waals surface area contributed by atoms with Crippen LogP contribution in [0.1, 0.15) is 19.8 Å². The van der Waals surface area contributed by atoms with Crippen LogP contribution in [0.15, 0.2) is 41.6 Å². The Kier molecular flexibility index (Phi) is 3.11. The Hall–Kier alpha value is -1.94. The van der Waals surface area contributed by atoms with E-state index in [1.165, 1.54) is 29.2 Å². The topological polar surface area (TPSA) is 38.7 Å². The molecule has 3 aromatic rings. The highest BCUT2D eigenvalue weighted by molar-refractivity contribution is 7.99. The Morgan fingerprint density at radius 3 is 2.48 bits per heavy atom. The molecule has 4 rings (SSSR count). The fourth-order valence-corrected chi connectivity index (χ4v) is 3.65. The average Bonchev–Trinajstić information content (AvgIpc) is 2.84. The van der Waals surface area contributed by atoms with Gasteiger partial charge in [-0.2, -0.15) is 0 Å². The van der Waals surface area contributed by atoms with Crippen LogP contribution >= 0.6 is 11.8 Å². The van der Waals surface area contributed by atoms with E-state index in [9.17, 15) is 0 Å². The van der Waals surface area contributed by atoms with Gasteiger partial charge in [0, 0.05) is 22.3 Å². The number of hydrogen-bond acceptors (Lipinski definition) is 4. The van der Waals surface area contributed by atoms with Crippen LogP contribution in [0.25, 0.3) is 33.3 Å². The van der Waals surface area contributed by atoms with Crippen molar-refractivity contribution in [3.8, 4) is 22.5 Å². The van der Waals surface area contributed by atoms with Crippen molar-refractivity contribution >= 4 is 22.5 Å². The first-order valence-corrected chi connectivity index (χ1v) is 8.27. The summed E-state index contributed by atoms with van der Waals surface area (Å²) < 4.78 is 0. The summed E-state index contributed by atoms with van der Waals surface area (Å²) in [4.78, 5) is 4.75. The van der Waals surface area contributed by atoms with E-state index >= 15 is 0 Å². The number of benzene rings is 2. The summed E-state index contributed by atoms with van der Waals surface area (Å²) in [7, 11) is 0. The van der Waals surface area contributed by atoms with Gasteiger partial charge in [0.1, 0.15) is 11.4 Å². The maximum Gasteiger partial charge on any atom is 0.209 e. The predicted octanol–water partition coefficient (Wildman–Crippen LogP) is 4.56. The van der Waals surface area contributed by atoms with Crippen molar-refractivity contribution in [2.75, 3.05) is 5.75 Å². The van der Waals surface area contributed by atoms with Crippen LogP contribution < -0.4 is 0 Å². The van der Waals surface area contributed by atoms with Crippen molar-refractivity contribution in [2.45, 2.75) is 24.9 Å². The van der Waals surface area contributed by atoms with Crippen molar-refractivity contribution in [3.63, 3.8) is 0 Å². The normalized spacial score (nSPS) is 11.9. The Labute approximate surface area is 127 Å². The van der Waals surface area contributed by atoms with Crippen LogP contribution in [-0.2, 0) is 0 Å². The van der Waals surface area contributed by atoms with Crippen LogP contribution in [-0.4, -0.2) is 20.9 Å². The summed E-state index contributed by atoms with van der Waals surface area (Å²) in [6, 6.07) is 12.7. The number of hydrogen-bond donors (Lipinski definition) is 0. The molecular weight excluding hydrogens is 278 g/mol. The maximum atomic E-state index is 4.75. The summed E-state index contributed by atoms with van der Waals surface area (Å²) in [6.45, 7) is 2.19. The zero-order valence-corrected chi connectivity index (χ0v) is 12.7. The molecule has 4 heteroatoms. The zero-order valence-electron chi connectivity index (χ0n) is 11.8. The molecule has 2 aromatic carbocycles. The Bertz CT molecular complexity index is 824. The van der Waals surface area contributed by atoms with Gasteiger partial charge in [-0.15, -0.1) is 10.2 Å². The molecular formula is C17H15N3S. The summed E-state index contributed by atoms with van der Waals surface area (Å²) in [5.74, 6) is 1.05. The lowest BCUT2D eigenvalue weighted by atomic mass is 10.0. The molecule has 1 heterocycles. The second kappa shape index (κ2) is 5.11. The molecule has 0 amide bonds. The van der Waals surface area contributed by atoms with Gasteiger partial charge < -0.3 is 0 Å². The summed E-state index contributed by atoms with van der Waals surface area (Å²) >= 11 is 1.69. The smallest absolute Gasteiger partial charge is 0.209 e. The monoisotopic (exact) mass is 293 g/mol. The maximum absolute atomic E-state index is 4.75. The van der Waals surface area contributed by atoms with Gasteiger partial charge in [0.05, 0.1) is 0 Å². The molecule has 0 saturated carbocycles. The van der Waals surface area contributed by atoms with E-state index in [4.69, 9.17) is 4.98 Å². The minimum absolute atomic E-state index is 0.784. The van der Waals surface area contributed by atoms with E-state index in [2.05, 4.69) is 53.5 Å². The first-order valence-electron chi connectivity index (χ1n) is 7.28. The molecule has 1 aliphatic carbocycles. The van der Waals surface area contributed by atoms with Gasteiger partial charge in [-0.1, -0.05) is 61.5 Å². The molecule has 104 valence electrons. The molecule has 0 N–H and O–H groups in total. The number of thioether (sulfide) groups is 1. The minimum atomic E-state index is 0.784. The number of nitrogens with zero attached hydrogens (tertiary/aromatic N) is 3. The van der Waals surface area contributed by atoms with Crippen molar-refractivity contribution in [2.24, 2.45) is 0 Å². The number of unbranched alkanes of at least 4 members (excludes halogenated alkanes) is 1. The minimum Gasteiger partial charge on any atom is -0.219 e. The van der Waals surface area contributed by atoms with Gasteiger partial charge in [-0.3, -0.25) is 0 Å². The average molecular weight is 293 g/mol. The van der Waals surface area contributed by atoms with Gasteiger partial charge in [-0.25, -0.2) is 4.98 Å². The van der Waals surface area contributed by atoms with Gasteiger partial charge in [0.2, 0.25) is 5.16 Å². The highest BCUT2D eigenvalue weighted by atomic mass is 32.2. The van der Waals surface area contributed by atoms with E-state index in [-0.39, 0.29) is 0 Å². The number of aromatic nitrogens is 3. The number of fused-ring (bicyclic) bond motifs is 3. The molecule has 0 atom stereocenters. The van der Waals surface area contributed by atoms with Crippen molar-refractivity contribution in [1.29, 1.82) is 0 Å². The van der Waals surface area contributed by atoms with Gasteiger partial charge in [0.25, 0.3) is 0 Å². The molecule has 0 bridgehead atoms. The van der Waals surface area contributed by atoms with Gasteiger partial charge in [-0.05, 0) is 11.8 Å². The molecule has 1 aliphatic rings. The Balaban J connectivity index is 1.83. The molecule has 3 nitrogen and oxygen atoms in total. The van der Waals surface area contributed by atoms with E-state index in [0.717, 1.165) is 27.9 Å². The fourth-order valence-electron chi connectivity index (χ4n) is 2.78. The second-order valence-electron chi connectivity index (χ2n) is 5.20. The second-order valence-corrected chi connectivity index (χ2v) is 6.26. The summed E-state index contributed by atoms with van der Waals surface area (Å²) in [5, 5.41) is 12.0. The van der Waals surface area contributed by atoms with Crippen molar-refractivity contribution < 1.29 is 0 Å². The van der Waals surface area contributed by atoms with Crippen LogP contribution in [0.2, 0.25) is 0 Å². The van der Waals surface area contributed by atoms with Crippen LogP contribution in [0.5, 0.6) is 0 Å². The quantitative estimate of drug-likeness (QED) is 0.408. The Morgan fingerprint density at radius 2 is 1.71 bits per heavy atom. The van der Waals surface area contributed by atoms with Crippen LogP contribution in [0.4, 0.5) is 0 Å². The first kappa shape index (κ1) is 12.8. The SMILES string of the molecule is CCCCSc1nnc2c(n1)-c1cccc3cccc-2c13. The fraction of sp³-hybridized carbons (Fsp3) is 0.235. The molecule has 21 heavy (non-hydrogen) atoms. The van der Waals surface area contributed by atoms with Gasteiger partial charge in [0.15, 0.2) is 0 Å². The van der Waals surface area contributed by atoms with Crippen LogP contribution in [0, 0.1) is 0 Å². The summed E-state index contributed by atoms with van der Waals surface area (Å²) in [6.07, 6.45) is 2.37. The molecule has 0 saturated heterocycles. The Morgan fingerprint density at radius 1 is 0.952 bits per heavy atom. The molecule has 0 aliphatic heterocycles. The van der Waals surface area contributed by atoms with Gasteiger partial charge >= 0.3 is 0 Å². The lowest BCUT2D eigenvalue weighted by molar-refractivity contribution is 0.844. The van der Waals surface area contributed by atoms with E-state index in [1.807, 2.05) is 0 Å². The van der Waals surface area contributed by atoms with Crippen molar-refractivity contribution in [1.82, 2.24) is 15.2 Å². The lowest BCUT2D eigenvalue weighted by Gasteiger charge is -2.02. The van der Waals surface area contributed by atoms with Crippen molar-refractivity contribution in [3.05, 3.63) is 36.4 Å². The van der Waals surface area contributed by atoms with E-state index in [0.29, 0.717) is 0 Å². The van der Waals surface area contributed by atoms with E-state index < -0.39 is 0 Å². The molecule has 0 radical (unpaired) electrons. The predicted molar refractivity (Wildman–Crippen MR) is 87.4 cm³/mol. The third-order valence-corrected chi connectivity index (χ3v) is 4.74. The third kappa shape index (κ3) is 2.02. The summed E-state index contributed by atoms with van der Waals surface area (Å²) in [5.41, 5.74) is 4.24. The molecule has 0 unspecified atom stereocenters. The molecule has 0 fully saturated rings. The first-order chi connectivity index (χ1) is 10.4. The van der Waals surface area contributed by atoms with Crippen LogP contribution in [0.3, 0.4) is 0 Å². The lowest BCUT2D eigenvalue weighted by Crippen LogP contribution is -1.95. The third-order valence-electron chi connectivity index (χ3n) is 3.81. The largest absolute Gasteiger partial charge is 0.219 e. The molecule has 0 spiro atoms. The highest BCUT2D eigenvalue weighted by Gasteiger charge is 2.24. The molecule has 1 aromatic heterocycles. The number of rotatable bonds is 4. The zero-order chi connectivity index (χ0) is 14.2.